The summed E-state index contributed by atoms with van der Waals surface area (Å²) in [6.07, 6.45) is 4.18. The summed E-state index contributed by atoms with van der Waals surface area (Å²) >= 11 is 0. The standard InChI is InChI=1S/C16H23N3/c1-13-12-19(4)15(17-13)18-16(2,3)11-10-14-8-6-5-7-9-14/h5-9,12H,10-11H2,1-4H3,(H,17,18). The fourth-order valence-electron chi connectivity index (χ4n) is 2.20. The first-order valence-electron chi connectivity index (χ1n) is 6.78. The summed E-state index contributed by atoms with van der Waals surface area (Å²) < 4.78 is 2.04. The molecule has 0 fully saturated rings. The van der Waals surface area contributed by atoms with Crippen molar-refractivity contribution in [3.05, 3.63) is 47.8 Å². The van der Waals surface area contributed by atoms with E-state index in [0.717, 1.165) is 24.5 Å². The van der Waals surface area contributed by atoms with Gasteiger partial charge >= 0.3 is 0 Å². The third kappa shape index (κ3) is 3.85. The Bertz CT molecular complexity index is 526. The van der Waals surface area contributed by atoms with E-state index in [1.165, 1.54) is 5.56 Å². The molecule has 1 N–H and O–H groups in total. The van der Waals surface area contributed by atoms with E-state index in [0.29, 0.717) is 0 Å². The summed E-state index contributed by atoms with van der Waals surface area (Å²) in [6.45, 7) is 6.46. The highest BCUT2D eigenvalue weighted by Gasteiger charge is 2.19. The molecule has 0 radical (unpaired) electrons. The van der Waals surface area contributed by atoms with E-state index in [2.05, 4.69) is 54.5 Å². The number of hydrogen-bond acceptors (Lipinski definition) is 2. The number of hydrogen-bond donors (Lipinski definition) is 1. The second-order valence-corrected chi connectivity index (χ2v) is 5.81. The number of imidazole rings is 1. The first-order chi connectivity index (χ1) is 8.96. The molecular formula is C16H23N3. The van der Waals surface area contributed by atoms with Crippen LogP contribution in [0.15, 0.2) is 36.5 Å². The van der Waals surface area contributed by atoms with Crippen LogP contribution in [0.5, 0.6) is 0 Å². The van der Waals surface area contributed by atoms with Crippen molar-refractivity contribution in [2.24, 2.45) is 7.05 Å². The largest absolute Gasteiger partial charge is 0.351 e. The van der Waals surface area contributed by atoms with Crippen LogP contribution in [0.2, 0.25) is 0 Å². The zero-order valence-corrected chi connectivity index (χ0v) is 12.3. The molecule has 2 rings (SSSR count). The summed E-state index contributed by atoms with van der Waals surface area (Å²) in [7, 11) is 2.02. The van der Waals surface area contributed by atoms with Crippen molar-refractivity contribution in [3.8, 4) is 0 Å². The van der Waals surface area contributed by atoms with Gasteiger partial charge in [-0.05, 0) is 39.2 Å². The molecule has 102 valence electrons. The fraction of sp³-hybridized carbons (Fsp3) is 0.438. The number of aryl methyl sites for hydroxylation is 3. The van der Waals surface area contributed by atoms with Crippen molar-refractivity contribution >= 4 is 5.95 Å². The second kappa shape index (κ2) is 5.47. The zero-order valence-electron chi connectivity index (χ0n) is 12.3. The quantitative estimate of drug-likeness (QED) is 0.887. The van der Waals surface area contributed by atoms with Gasteiger partial charge in [0.1, 0.15) is 0 Å². The molecule has 0 bridgehead atoms. The molecule has 0 atom stereocenters. The molecule has 3 nitrogen and oxygen atoms in total. The Hall–Kier alpha value is -1.77. The fourth-order valence-corrected chi connectivity index (χ4v) is 2.20. The van der Waals surface area contributed by atoms with Crippen LogP contribution >= 0.6 is 0 Å². The Morgan fingerprint density at radius 1 is 1.21 bits per heavy atom. The van der Waals surface area contributed by atoms with E-state index in [4.69, 9.17) is 0 Å². The van der Waals surface area contributed by atoms with Crippen molar-refractivity contribution < 1.29 is 0 Å². The number of anilines is 1. The van der Waals surface area contributed by atoms with Gasteiger partial charge in [0.25, 0.3) is 0 Å². The van der Waals surface area contributed by atoms with E-state index in [1.54, 1.807) is 0 Å². The predicted octanol–water partition coefficient (Wildman–Crippen LogP) is 3.55. The van der Waals surface area contributed by atoms with Gasteiger partial charge < -0.3 is 9.88 Å². The molecule has 1 aromatic carbocycles. The lowest BCUT2D eigenvalue weighted by Gasteiger charge is -2.27. The maximum atomic E-state index is 4.50. The third-order valence-corrected chi connectivity index (χ3v) is 3.33. The molecule has 1 heterocycles. The average molecular weight is 257 g/mol. The van der Waals surface area contributed by atoms with Gasteiger partial charge in [-0.25, -0.2) is 4.98 Å². The molecule has 19 heavy (non-hydrogen) atoms. The predicted molar refractivity (Wildman–Crippen MR) is 80.4 cm³/mol. The van der Waals surface area contributed by atoms with Gasteiger partial charge in [0, 0.05) is 18.8 Å². The lowest BCUT2D eigenvalue weighted by Crippen LogP contribution is -2.32. The van der Waals surface area contributed by atoms with Gasteiger partial charge in [0.15, 0.2) is 0 Å². The molecular weight excluding hydrogens is 234 g/mol. The maximum absolute atomic E-state index is 4.50. The number of benzene rings is 1. The highest BCUT2D eigenvalue weighted by atomic mass is 15.2. The third-order valence-electron chi connectivity index (χ3n) is 3.33. The molecule has 1 aromatic heterocycles. The first-order valence-corrected chi connectivity index (χ1v) is 6.78. The Morgan fingerprint density at radius 3 is 2.47 bits per heavy atom. The maximum Gasteiger partial charge on any atom is 0.203 e. The van der Waals surface area contributed by atoms with Gasteiger partial charge in [0.05, 0.1) is 5.69 Å². The van der Waals surface area contributed by atoms with Gasteiger partial charge in [-0.3, -0.25) is 0 Å². The Morgan fingerprint density at radius 2 is 1.89 bits per heavy atom. The van der Waals surface area contributed by atoms with Crippen LogP contribution in [0, 0.1) is 6.92 Å². The summed E-state index contributed by atoms with van der Waals surface area (Å²) in [4.78, 5) is 4.50. The van der Waals surface area contributed by atoms with E-state index in [9.17, 15) is 0 Å². The molecule has 2 aromatic rings. The lowest BCUT2D eigenvalue weighted by atomic mass is 9.95. The van der Waals surface area contributed by atoms with Gasteiger partial charge in [-0.1, -0.05) is 30.3 Å². The Kier molecular flexibility index (Phi) is 3.93. The highest BCUT2D eigenvalue weighted by Crippen LogP contribution is 2.19. The molecule has 0 aliphatic rings. The van der Waals surface area contributed by atoms with Crippen LogP contribution in [0.1, 0.15) is 31.5 Å². The van der Waals surface area contributed by atoms with Crippen LogP contribution < -0.4 is 5.32 Å². The average Bonchev–Trinajstić information content (AvgIpc) is 2.66. The first kappa shape index (κ1) is 13.7. The van der Waals surface area contributed by atoms with Crippen molar-refractivity contribution in [1.29, 1.82) is 0 Å². The lowest BCUT2D eigenvalue weighted by molar-refractivity contribution is 0.511. The van der Waals surface area contributed by atoms with Crippen molar-refractivity contribution in [3.63, 3.8) is 0 Å². The molecule has 3 heteroatoms. The van der Waals surface area contributed by atoms with Crippen LogP contribution in [-0.4, -0.2) is 15.1 Å². The minimum absolute atomic E-state index is 0.0292. The van der Waals surface area contributed by atoms with Crippen LogP contribution in [0.4, 0.5) is 5.95 Å². The summed E-state index contributed by atoms with van der Waals surface area (Å²) in [5.41, 5.74) is 2.46. The van der Waals surface area contributed by atoms with E-state index >= 15 is 0 Å². The monoisotopic (exact) mass is 257 g/mol. The van der Waals surface area contributed by atoms with Crippen molar-refractivity contribution in [2.45, 2.75) is 39.2 Å². The molecule has 0 unspecified atom stereocenters. The number of nitrogens with one attached hydrogen (secondary N) is 1. The highest BCUT2D eigenvalue weighted by molar-refractivity contribution is 5.32. The molecule has 0 aliphatic heterocycles. The minimum Gasteiger partial charge on any atom is -0.351 e. The van der Waals surface area contributed by atoms with E-state index < -0.39 is 0 Å². The normalized spacial score (nSPS) is 11.6. The van der Waals surface area contributed by atoms with E-state index in [-0.39, 0.29) is 5.54 Å². The van der Waals surface area contributed by atoms with E-state index in [1.807, 2.05) is 24.7 Å². The second-order valence-electron chi connectivity index (χ2n) is 5.81. The summed E-state index contributed by atoms with van der Waals surface area (Å²) in [5, 5.41) is 3.53. The summed E-state index contributed by atoms with van der Waals surface area (Å²) in [6, 6.07) is 10.6. The van der Waals surface area contributed by atoms with Crippen LogP contribution in [0.25, 0.3) is 0 Å². The van der Waals surface area contributed by atoms with Crippen molar-refractivity contribution in [2.75, 3.05) is 5.32 Å². The van der Waals surface area contributed by atoms with Crippen LogP contribution in [0.3, 0.4) is 0 Å². The van der Waals surface area contributed by atoms with Crippen molar-refractivity contribution in [1.82, 2.24) is 9.55 Å². The van der Waals surface area contributed by atoms with Gasteiger partial charge in [-0.2, -0.15) is 0 Å². The van der Waals surface area contributed by atoms with Crippen LogP contribution in [-0.2, 0) is 13.5 Å². The number of nitrogens with zero attached hydrogens (tertiary/aromatic N) is 2. The van der Waals surface area contributed by atoms with Gasteiger partial charge in [-0.15, -0.1) is 0 Å². The molecule has 0 amide bonds. The molecule has 0 saturated carbocycles. The number of aromatic nitrogens is 2. The topological polar surface area (TPSA) is 29.9 Å². The SMILES string of the molecule is Cc1cn(C)c(NC(C)(C)CCc2ccccc2)n1. The Labute approximate surface area is 115 Å². The molecule has 0 aliphatic carbocycles. The zero-order chi connectivity index (χ0) is 13.9. The molecule has 0 spiro atoms. The Balaban J connectivity index is 1.97. The minimum atomic E-state index is 0.0292. The number of rotatable bonds is 5. The molecule has 0 saturated heterocycles. The summed E-state index contributed by atoms with van der Waals surface area (Å²) in [5.74, 6) is 0.940. The van der Waals surface area contributed by atoms with Gasteiger partial charge in [0.2, 0.25) is 5.95 Å². The smallest absolute Gasteiger partial charge is 0.203 e.